The molecular formula is C15H17N5. The van der Waals surface area contributed by atoms with Crippen LogP contribution < -0.4 is 10.6 Å². The van der Waals surface area contributed by atoms with Crippen LogP contribution in [-0.2, 0) is 6.54 Å². The number of pyridine rings is 1. The quantitative estimate of drug-likeness (QED) is 0.790. The van der Waals surface area contributed by atoms with Gasteiger partial charge in [-0.1, -0.05) is 30.3 Å². The molecule has 0 saturated heterocycles. The number of nitrogens with two attached hydrogens (primary N) is 1. The molecular weight excluding hydrogens is 250 g/mol. The lowest BCUT2D eigenvalue weighted by atomic mass is 10.2. The van der Waals surface area contributed by atoms with Crippen LogP contribution in [0.25, 0.3) is 5.65 Å². The minimum atomic E-state index is 0.302. The zero-order valence-corrected chi connectivity index (χ0v) is 11.6. The normalized spacial score (nSPS) is 10.9. The smallest absolute Gasteiger partial charge is 0.240 e. The second-order valence-corrected chi connectivity index (χ2v) is 4.96. The summed E-state index contributed by atoms with van der Waals surface area (Å²) in [5, 5.41) is 4.18. The maximum Gasteiger partial charge on any atom is 0.240 e. The second-order valence-electron chi connectivity index (χ2n) is 4.96. The van der Waals surface area contributed by atoms with Gasteiger partial charge in [0.05, 0.1) is 11.9 Å². The van der Waals surface area contributed by atoms with E-state index < -0.39 is 0 Å². The highest BCUT2D eigenvalue weighted by Gasteiger charge is 2.08. The van der Waals surface area contributed by atoms with E-state index in [2.05, 4.69) is 52.4 Å². The second kappa shape index (κ2) is 4.85. The van der Waals surface area contributed by atoms with Crippen molar-refractivity contribution in [1.82, 2.24) is 14.6 Å². The minimum absolute atomic E-state index is 0.302. The summed E-state index contributed by atoms with van der Waals surface area (Å²) in [5.41, 5.74) is 9.88. The third-order valence-corrected chi connectivity index (χ3v) is 3.32. The first-order valence-corrected chi connectivity index (χ1v) is 6.51. The van der Waals surface area contributed by atoms with Gasteiger partial charge in [-0.15, -0.1) is 5.10 Å². The number of hydrogen-bond acceptors (Lipinski definition) is 4. The third-order valence-electron chi connectivity index (χ3n) is 3.32. The van der Waals surface area contributed by atoms with E-state index in [0.717, 1.165) is 23.4 Å². The number of aromatic nitrogens is 3. The number of nitrogen functional groups attached to an aromatic ring is 1. The number of anilines is 2. The number of rotatable bonds is 3. The van der Waals surface area contributed by atoms with Gasteiger partial charge in [0.15, 0.2) is 5.65 Å². The Labute approximate surface area is 117 Å². The largest absolute Gasteiger partial charge is 0.369 e. The van der Waals surface area contributed by atoms with Gasteiger partial charge in [-0.25, -0.2) is 4.52 Å². The van der Waals surface area contributed by atoms with Gasteiger partial charge in [0.2, 0.25) is 5.95 Å². The lowest BCUT2D eigenvalue weighted by Crippen LogP contribution is -2.17. The fourth-order valence-corrected chi connectivity index (χ4v) is 2.30. The van der Waals surface area contributed by atoms with Crippen LogP contribution >= 0.6 is 0 Å². The van der Waals surface area contributed by atoms with Crippen molar-refractivity contribution in [1.29, 1.82) is 0 Å². The van der Waals surface area contributed by atoms with Gasteiger partial charge in [0.1, 0.15) is 0 Å². The van der Waals surface area contributed by atoms with Crippen LogP contribution in [0.5, 0.6) is 0 Å². The Kier molecular flexibility index (Phi) is 3.02. The fraction of sp³-hybridized carbons (Fsp3) is 0.200. The van der Waals surface area contributed by atoms with Crippen molar-refractivity contribution in [2.45, 2.75) is 13.5 Å². The highest BCUT2D eigenvalue weighted by molar-refractivity contribution is 5.58. The zero-order valence-electron chi connectivity index (χ0n) is 11.6. The average Bonchev–Trinajstić information content (AvgIpc) is 2.81. The number of benzene rings is 1. The molecule has 0 amide bonds. The van der Waals surface area contributed by atoms with E-state index >= 15 is 0 Å². The Morgan fingerprint density at radius 2 is 2.00 bits per heavy atom. The van der Waals surface area contributed by atoms with Crippen LogP contribution in [0.4, 0.5) is 11.6 Å². The topological polar surface area (TPSA) is 59.5 Å². The Morgan fingerprint density at radius 3 is 2.75 bits per heavy atom. The van der Waals surface area contributed by atoms with Crippen LogP contribution in [0.1, 0.15) is 11.1 Å². The van der Waals surface area contributed by atoms with Crippen LogP contribution in [0, 0.1) is 6.92 Å². The first kappa shape index (κ1) is 12.5. The van der Waals surface area contributed by atoms with Crippen LogP contribution in [-0.4, -0.2) is 21.6 Å². The Hall–Kier alpha value is -2.56. The molecule has 0 saturated carbocycles. The molecule has 102 valence electrons. The van der Waals surface area contributed by atoms with E-state index in [1.165, 1.54) is 5.56 Å². The predicted octanol–water partition coefficient (Wildman–Crippen LogP) is 2.26. The Balaban J connectivity index is 1.93. The molecule has 0 aliphatic carbocycles. The SMILES string of the molecule is Cc1cc(N(C)Cc2ccccc2)cn2nc(N)nc12. The molecule has 5 nitrogen and oxygen atoms in total. The van der Waals surface area contributed by atoms with Gasteiger partial charge >= 0.3 is 0 Å². The van der Waals surface area contributed by atoms with E-state index in [9.17, 15) is 0 Å². The summed E-state index contributed by atoms with van der Waals surface area (Å²) in [5.74, 6) is 0.302. The molecule has 1 aromatic carbocycles. The molecule has 2 aromatic heterocycles. The number of nitrogens with zero attached hydrogens (tertiary/aromatic N) is 4. The van der Waals surface area contributed by atoms with Gasteiger partial charge < -0.3 is 10.6 Å². The summed E-state index contributed by atoms with van der Waals surface area (Å²) in [7, 11) is 2.06. The standard InChI is InChI=1S/C15H17N5/c1-11-8-13(10-20-14(11)17-15(16)18-20)19(2)9-12-6-4-3-5-7-12/h3-8,10H,9H2,1-2H3,(H2,16,18). The summed E-state index contributed by atoms with van der Waals surface area (Å²) in [6, 6.07) is 12.5. The summed E-state index contributed by atoms with van der Waals surface area (Å²) in [6.45, 7) is 2.86. The summed E-state index contributed by atoms with van der Waals surface area (Å²) < 4.78 is 1.74. The van der Waals surface area contributed by atoms with Crippen LogP contribution in [0.2, 0.25) is 0 Å². The molecule has 0 spiro atoms. The Bertz CT molecular complexity index is 733. The summed E-state index contributed by atoms with van der Waals surface area (Å²) in [4.78, 5) is 6.39. The van der Waals surface area contributed by atoms with Crippen molar-refractivity contribution in [3.8, 4) is 0 Å². The van der Waals surface area contributed by atoms with E-state index in [4.69, 9.17) is 5.73 Å². The van der Waals surface area contributed by atoms with E-state index in [-0.39, 0.29) is 0 Å². The monoisotopic (exact) mass is 267 g/mol. The molecule has 3 rings (SSSR count). The number of hydrogen-bond donors (Lipinski definition) is 1. The van der Waals surface area contributed by atoms with Crippen molar-refractivity contribution < 1.29 is 0 Å². The van der Waals surface area contributed by atoms with Gasteiger partial charge in [-0.05, 0) is 24.1 Å². The highest BCUT2D eigenvalue weighted by Crippen LogP contribution is 2.20. The van der Waals surface area contributed by atoms with Gasteiger partial charge in [-0.3, -0.25) is 0 Å². The van der Waals surface area contributed by atoms with Crippen molar-refractivity contribution in [3.05, 3.63) is 53.7 Å². The molecule has 20 heavy (non-hydrogen) atoms. The first-order valence-electron chi connectivity index (χ1n) is 6.51. The van der Waals surface area contributed by atoms with Gasteiger partial charge in [0.25, 0.3) is 0 Å². The molecule has 3 aromatic rings. The zero-order chi connectivity index (χ0) is 14.1. The maximum atomic E-state index is 5.65. The molecule has 5 heteroatoms. The predicted molar refractivity (Wildman–Crippen MR) is 80.7 cm³/mol. The molecule has 0 fully saturated rings. The molecule has 0 aliphatic heterocycles. The molecule has 0 aliphatic rings. The van der Waals surface area contributed by atoms with Gasteiger partial charge in [-0.2, -0.15) is 4.98 Å². The van der Waals surface area contributed by atoms with Crippen molar-refractivity contribution in [2.24, 2.45) is 0 Å². The maximum absolute atomic E-state index is 5.65. The average molecular weight is 267 g/mol. The van der Waals surface area contributed by atoms with Crippen molar-refractivity contribution >= 4 is 17.3 Å². The molecule has 2 N–H and O–H groups in total. The van der Waals surface area contributed by atoms with E-state index in [0.29, 0.717) is 5.95 Å². The van der Waals surface area contributed by atoms with E-state index in [1.54, 1.807) is 4.52 Å². The highest BCUT2D eigenvalue weighted by atomic mass is 15.3. The molecule has 0 atom stereocenters. The number of aryl methyl sites for hydroxylation is 1. The molecule has 0 bridgehead atoms. The van der Waals surface area contributed by atoms with Crippen molar-refractivity contribution in [3.63, 3.8) is 0 Å². The van der Waals surface area contributed by atoms with Crippen LogP contribution in [0.15, 0.2) is 42.6 Å². The van der Waals surface area contributed by atoms with Crippen molar-refractivity contribution in [2.75, 3.05) is 17.7 Å². The van der Waals surface area contributed by atoms with Crippen LogP contribution in [0.3, 0.4) is 0 Å². The first-order chi connectivity index (χ1) is 9.63. The minimum Gasteiger partial charge on any atom is -0.369 e. The summed E-state index contributed by atoms with van der Waals surface area (Å²) >= 11 is 0. The molecule has 0 radical (unpaired) electrons. The number of fused-ring (bicyclic) bond motifs is 1. The lowest BCUT2D eigenvalue weighted by Gasteiger charge is -2.20. The van der Waals surface area contributed by atoms with E-state index in [1.807, 2.05) is 19.2 Å². The van der Waals surface area contributed by atoms with Gasteiger partial charge in [0, 0.05) is 13.6 Å². The Morgan fingerprint density at radius 1 is 1.25 bits per heavy atom. The summed E-state index contributed by atoms with van der Waals surface area (Å²) in [6.07, 6.45) is 1.95. The molecule has 2 heterocycles. The third kappa shape index (κ3) is 2.30. The molecule has 0 unspecified atom stereocenters. The lowest BCUT2D eigenvalue weighted by molar-refractivity contribution is 0.892. The fourth-order valence-electron chi connectivity index (χ4n) is 2.30.